The van der Waals surface area contributed by atoms with Gasteiger partial charge in [-0.05, 0) is 19.3 Å². The van der Waals surface area contributed by atoms with Crippen LogP contribution >= 0.6 is 0 Å². The third-order valence-corrected chi connectivity index (χ3v) is 2.72. The van der Waals surface area contributed by atoms with Crippen LogP contribution < -0.4 is 5.32 Å². The second-order valence-corrected chi connectivity index (χ2v) is 4.36. The molecule has 0 amide bonds. The van der Waals surface area contributed by atoms with E-state index in [1.165, 1.54) is 38.5 Å². The molecule has 1 saturated carbocycles. The summed E-state index contributed by atoms with van der Waals surface area (Å²) in [6.45, 7) is 2.82. The first-order valence-electron chi connectivity index (χ1n) is 6.08. The summed E-state index contributed by atoms with van der Waals surface area (Å²) in [5.74, 6) is 0.397. The first kappa shape index (κ1) is 11.7. The Labute approximate surface area is 87.5 Å². The van der Waals surface area contributed by atoms with Crippen LogP contribution in [0.2, 0.25) is 0 Å². The molecule has 1 N–H and O–H groups in total. The van der Waals surface area contributed by atoms with Crippen LogP contribution in [0.25, 0.3) is 0 Å². The van der Waals surface area contributed by atoms with E-state index in [2.05, 4.69) is 12.2 Å². The lowest BCUT2D eigenvalue weighted by atomic mass is 10.1. The maximum Gasteiger partial charge on any atom is 0.146 e. The van der Waals surface area contributed by atoms with E-state index in [9.17, 15) is 4.79 Å². The minimum atomic E-state index is 0.397. The third-order valence-electron chi connectivity index (χ3n) is 2.72. The largest absolute Gasteiger partial charge is 0.307 e. The number of Topliss-reactive ketones (excluding diaryl/α,β-unsaturated/α-hetero) is 1. The van der Waals surface area contributed by atoms with Crippen LogP contribution in [0.15, 0.2) is 0 Å². The van der Waals surface area contributed by atoms with Gasteiger partial charge in [-0.3, -0.25) is 4.79 Å². The minimum absolute atomic E-state index is 0.397. The van der Waals surface area contributed by atoms with E-state index in [4.69, 9.17) is 0 Å². The summed E-state index contributed by atoms with van der Waals surface area (Å²) in [7, 11) is 0. The number of ketones is 1. The molecular weight excluding hydrogens is 174 g/mol. The molecule has 0 spiro atoms. The highest BCUT2D eigenvalue weighted by Crippen LogP contribution is 2.18. The fourth-order valence-corrected chi connectivity index (χ4v) is 1.56. The zero-order chi connectivity index (χ0) is 10.2. The van der Waals surface area contributed by atoms with Gasteiger partial charge >= 0.3 is 0 Å². The zero-order valence-electron chi connectivity index (χ0n) is 9.35. The molecule has 1 fully saturated rings. The zero-order valence-corrected chi connectivity index (χ0v) is 9.35. The Balaban J connectivity index is 1.81. The number of carbonyl (C=O) groups is 1. The summed E-state index contributed by atoms with van der Waals surface area (Å²) in [5.41, 5.74) is 0. The fraction of sp³-hybridized carbons (Fsp3) is 0.917. The molecule has 0 aromatic heterocycles. The molecule has 0 atom stereocenters. The van der Waals surface area contributed by atoms with Crippen molar-refractivity contribution in [2.24, 2.45) is 0 Å². The summed E-state index contributed by atoms with van der Waals surface area (Å²) in [6, 6.07) is 0.666. The first-order chi connectivity index (χ1) is 6.83. The molecule has 14 heavy (non-hydrogen) atoms. The molecule has 2 heteroatoms. The van der Waals surface area contributed by atoms with Crippen molar-refractivity contribution in [3.05, 3.63) is 0 Å². The van der Waals surface area contributed by atoms with E-state index in [-0.39, 0.29) is 0 Å². The molecule has 0 saturated heterocycles. The third kappa shape index (κ3) is 6.14. The van der Waals surface area contributed by atoms with Crippen molar-refractivity contribution >= 4 is 5.78 Å². The van der Waals surface area contributed by atoms with Gasteiger partial charge in [0.25, 0.3) is 0 Å². The Hall–Kier alpha value is -0.370. The predicted molar refractivity (Wildman–Crippen MR) is 59.4 cm³/mol. The average molecular weight is 197 g/mol. The lowest BCUT2D eigenvalue weighted by molar-refractivity contribution is -0.118. The van der Waals surface area contributed by atoms with Gasteiger partial charge in [0.05, 0.1) is 6.54 Å². The average Bonchev–Trinajstić information content (AvgIpc) is 2.98. The van der Waals surface area contributed by atoms with Gasteiger partial charge in [-0.2, -0.15) is 0 Å². The standard InChI is InChI=1S/C12H23NO/c1-2-3-4-5-6-7-12(14)10-13-11-8-9-11/h11,13H,2-10H2,1H3. The molecule has 0 aromatic carbocycles. The summed E-state index contributed by atoms with van der Waals surface area (Å²) in [6.07, 6.45) is 9.51. The molecule has 0 aliphatic heterocycles. The van der Waals surface area contributed by atoms with Crippen LogP contribution in [-0.4, -0.2) is 18.4 Å². The molecule has 1 aliphatic rings. The van der Waals surface area contributed by atoms with Gasteiger partial charge in [0.1, 0.15) is 5.78 Å². The van der Waals surface area contributed by atoms with Gasteiger partial charge in [-0.25, -0.2) is 0 Å². The molecule has 1 rings (SSSR count). The van der Waals surface area contributed by atoms with Crippen LogP contribution in [-0.2, 0) is 4.79 Å². The quantitative estimate of drug-likeness (QED) is 0.576. The van der Waals surface area contributed by atoms with Crippen molar-refractivity contribution < 1.29 is 4.79 Å². The van der Waals surface area contributed by atoms with Gasteiger partial charge in [0, 0.05) is 12.5 Å². The smallest absolute Gasteiger partial charge is 0.146 e. The number of hydrogen-bond acceptors (Lipinski definition) is 2. The molecule has 1 aliphatic carbocycles. The van der Waals surface area contributed by atoms with E-state index >= 15 is 0 Å². The summed E-state index contributed by atoms with van der Waals surface area (Å²) in [5, 5.41) is 3.26. The van der Waals surface area contributed by atoms with Gasteiger partial charge in [-0.1, -0.05) is 32.6 Å². The first-order valence-corrected chi connectivity index (χ1v) is 6.08. The van der Waals surface area contributed by atoms with Gasteiger partial charge in [-0.15, -0.1) is 0 Å². The molecule has 2 nitrogen and oxygen atoms in total. The van der Waals surface area contributed by atoms with E-state index in [1.54, 1.807) is 0 Å². The predicted octanol–water partition coefficient (Wildman–Crippen LogP) is 2.67. The topological polar surface area (TPSA) is 29.1 Å². The minimum Gasteiger partial charge on any atom is -0.307 e. The van der Waals surface area contributed by atoms with Crippen LogP contribution in [0, 0.1) is 0 Å². The van der Waals surface area contributed by atoms with Crippen molar-refractivity contribution in [1.82, 2.24) is 5.32 Å². The normalized spacial score (nSPS) is 15.8. The fourth-order valence-electron chi connectivity index (χ4n) is 1.56. The van der Waals surface area contributed by atoms with E-state index in [0.717, 1.165) is 12.8 Å². The van der Waals surface area contributed by atoms with Crippen molar-refractivity contribution in [2.45, 2.75) is 64.3 Å². The van der Waals surface area contributed by atoms with Crippen LogP contribution in [0.5, 0.6) is 0 Å². The van der Waals surface area contributed by atoms with Crippen molar-refractivity contribution in [1.29, 1.82) is 0 Å². The second kappa shape index (κ2) is 6.99. The highest BCUT2D eigenvalue weighted by molar-refractivity contribution is 5.80. The lowest BCUT2D eigenvalue weighted by Gasteiger charge is -2.02. The monoisotopic (exact) mass is 197 g/mol. The maximum absolute atomic E-state index is 11.3. The van der Waals surface area contributed by atoms with Crippen molar-refractivity contribution in [3.63, 3.8) is 0 Å². The Morgan fingerprint density at radius 3 is 2.57 bits per heavy atom. The van der Waals surface area contributed by atoms with Gasteiger partial charge < -0.3 is 5.32 Å². The number of unbranched alkanes of at least 4 members (excludes halogenated alkanes) is 4. The van der Waals surface area contributed by atoms with Crippen LogP contribution in [0.4, 0.5) is 0 Å². The number of carbonyl (C=O) groups excluding carboxylic acids is 1. The van der Waals surface area contributed by atoms with Gasteiger partial charge in [0.15, 0.2) is 0 Å². The molecule has 0 aromatic rings. The Morgan fingerprint density at radius 1 is 1.21 bits per heavy atom. The number of rotatable bonds is 9. The van der Waals surface area contributed by atoms with Crippen LogP contribution in [0.3, 0.4) is 0 Å². The summed E-state index contributed by atoms with van der Waals surface area (Å²) >= 11 is 0. The second-order valence-electron chi connectivity index (χ2n) is 4.36. The molecule has 0 heterocycles. The molecule has 0 bridgehead atoms. The number of hydrogen-bond donors (Lipinski definition) is 1. The maximum atomic E-state index is 11.3. The highest BCUT2D eigenvalue weighted by Gasteiger charge is 2.20. The Morgan fingerprint density at radius 2 is 1.93 bits per heavy atom. The molecule has 0 radical (unpaired) electrons. The molecule has 82 valence electrons. The Bertz CT molecular complexity index is 164. The van der Waals surface area contributed by atoms with E-state index < -0.39 is 0 Å². The van der Waals surface area contributed by atoms with Crippen LogP contribution in [0.1, 0.15) is 58.3 Å². The van der Waals surface area contributed by atoms with Gasteiger partial charge in [0.2, 0.25) is 0 Å². The Kier molecular flexibility index (Phi) is 5.85. The lowest BCUT2D eigenvalue weighted by Crippen LogP contribution is -2.24. The molecular formula is C12H23NO. The number of nitrogens with one attached hydrogen (secondary N) is 1. The van der Waals surface area contributed by atoms with E-state index in [0.29, 0.717) is 18.4 Å². The highest BCUT2D eigenvalue weighted by atomic mass is 16.1. The SMILES string of the molecule is CCCCCCCC(=O)CNC1CC1. The molecule has 0 unspecified atom stereocenters. The van der Waals surface area contributed by atoms with E-state index in [1.807, 2.05) is 0 Å². The van der Waals surface area contributed by atoms with Crippen molar-refractivity contribution in [3.8, 4) is 0 Å². The van der Waals surface area contributed by atoms with Crippen molar-refractivity contribution in [2.75, 3.05) is 6.54 Å². The summed E-state index contributed by atoms with van der Waals surface area (Å²) < 4.78 is 0. The summed E-state index contributed by atoms with van der Waals surface area (Å²) in [4.78, 5) is 11.3.